The summed E-state index contributed by atoms with van der Waals surface area (Å²) < 4.78 is 2.12. The summed E-state index contributed by atoms with van der Waals surface area (Å²) in [5, 5.41) is 12.6. The third-order valence-corrected chi connectivity index (χ3v) is 5.06. The number of nitrogens with one attached hydrogen (secondary N) is 1. The minimum absolute atomic E-state index is 0.491. The van der Waals surface area contributed by atoms with Gasteiger partial charge in [0.1, 0.15) is 5.01 Å². The predicted octanol–water partition coefficient (Wildman–Crippen LogP) is 4.26. The van der Waals surface area contributed by atoms with E-state index in [4.69, 9.17) is 0 Å². The number of rotatable bonds is 5. The summed E-state index contributed by atoms with van der Waals surface area (Å²) in [5.74, 6) is 0. The largest absolute Gasteiger partial charge is 0.310 e. The van der Waals surface area contributed by atoms with Gasteiger partial charge in [0.05, 0.1) is 0 Å². The standard InChI is InChI=1S/C13H16BrN3S2/c1-8(2)15-7-10-4-5-11(6-12(10)14)19-13-17-16-9(3)18-13/h4-6,8,15H,7H2,1-3H3. The molecule has 1 heterocycles. The highest BCUT2D eigenvalue weighted by Crippen LogP contribution is 2.32. The maximum Gasteiger partial charge on any atom is 0.179 e. The minimum atomic E-state index is 0.491. The SMILES string of the molecule is Cc1nnc(Sc2ccc(CNC(C)C)c(Br)c2)s1. The van der Waals surface area contributed by atoms with Gasteiger partial charge in [0, 0.05) is 22.0 Å². The second kappa shape index (κ2) is 6.83. The molecule has 1 aromatic carbocycles. The fraction of sp³-hybridized carbons (Fsp3) is 0.385. The molecule has 102 valence electrons. The Hall–Kier alpha value is -0.430. The average Bonchev–Trinajstić information content (AvgIpc) is 2.73. The Labute approximate surface area is 130 Å². The second-order valence-electron chi connectivity index (χ2n) is 4.48. The van der Waals surface area contributed by atoms with Gasteiger partial charge in [-0.1, -0.05) is 58.9 Å². The van der Waals surface area contributed by atoms with Crippen LogP contribution in [0.2, 0.25) is 0 Å². The lowest BCUT2D eigenvalue weighted by molar-refractivity contribution is 0.587. The number of nitrogens with zero attached hydrogens (tertiary/aromatic N) is 2. The van der Waals surface area contributed by atoms with Crippen molar-refractivity contribution in [2.24, 2.45) is 0 Å². The van der Waals surface area contributed by atoms with E-state index in [9.17, 15) is 0 Å². The molecule has 2 aromatic rings. The molecule has 1 aromatic heterocycles. The van der Waals surface area contributed by atoms with E-state index >= 15 is 0 Å². The molecule has 0 saturated heterocycles. The van der Waals surface area contributed by atoms with Crippen molar-refractivity contribution < 1.29 is 0 Å². The molecule has 0 amide bonds. The van der Waals surface area contributed by atoms with Crippen LogP contribution in [0.5, 0.6) is 0 Å². The molecule has 0 aliphatic carbocycles. The van der Waals surface area contributed by atoms with Gasteiger partial charge in [-0.3, -0.25) is 0 Å². The Bertz CT molecular complexity index is 555. The zero-order valence-corrected chi connectivity index (χ0v) is 14.3. The second-order valence-corrected chi connectivity index (χ2v) is 7.83. The van der Waals surface area contributed by atoms with Crippen LogP contribution in [0.3, 0.4) is 0 Å². The van der Waals surface area contributed by atoms with Crippen molar-refractivity contribution in [2.45, 2.75) is 42.6 Å². The van der Waals surface area contributed by atoms with E-state index in [1.165, 1.54) is 10.5 Å². The van der Waals surface area contributed by atoms with Crippen LogP contribution < -0.4 is 5.32 Å². The Kier molecular flexibility index (Phi) is 5.38. The molecular formula is C13H16BrN3S2. The van der Waals surface area contributed by atoms with Crippen molar-refractivity contribution in [2.75, 3.05) is 0 Å². The summed E-state index contributed by atoms with van der Waals surface area (Å²) in [7, 11) is 0. The summed E-state index contributed by atoms with van der Waals surface area (Å²) in [6.07, 6.45) is 0. The molecule has 0 spiro atoms. The summed E-state index contributed by atoms with van der Waals surface area (Å²) in [6.45, 7) is 7.14. The number of benzene rings is 1. The lowest BCUT2D eigenvalue weighted by Crippen LogP contribution is -2.21. The van der Waals surface area contributed by atoms with Gasteiger partial charge >= 0.3 is 0 Å². The monoisotopic (exact) mass is 357 g/mol. The number of hydrogen-bond donors (Lipinski definition) is 1. The number of aryl methyl sites for hydroxylation is 1. The molecular weight excluding hydrogens is 342 g/mol. The molecule has 2 rings (SSSR count). The van der Waals surface area contributed by atoms with Gasteiger partial charge < -0.3 is 5.32 Å². The fourth-order valence-corrected chi connectivity index (χ4v) is 3.97. The number of hydrogen-bond acceptors (Lipinski definition) is 5. The zero-order valence-electron chi connectivity index (χ0n) is 11.1. The van der Waals surface area contributed by atoms with Crippen molar-refractivity contribution in [1.82, 2.24) is 15.5 Å². The first-order chi connectivity index (χ1) is 9.04. The van der Waals surface area contributed by atoms with Crippen molar-refractivity contribution in [3.05, 3.63) is 33.2 Å². The maximum absolute atomic E-state index is 4.13. The average molecular weight is 358 g/mol. The van der Waals surface area contributed by atoms with Crippen LogP contribution in [0.4, 0.5) is 0 Å². The molecule has 0 atom stereocenters. The van der Waals surface area contributed by atoms with Crippen LogP contribution in [0, 0.1) is 6.92 Å². The fourth-order valence-electron chi connectivity index (χ4n) is 1.47. The van der Waals surface area contributed by atoms with Gasteiger partial charge in [0.15, 0.2) is 4.34 Å². The molecule has 0 saturated carbocycles. The van der Waals surface area contributed by atoms with E-state index in [1.54, 1.807) is 23.1 Å². The van der Waals surface area contributed by atoms with Gasteiger partial charge in [-0.2, -0.15) is 0 Å². The van der Waals surface area contributed by atoms with E-state index < -0.39 is 0 Å². The molecule has 6 heteroatoms. The van der Waals surface area contributed by atoms with E-state index in [1.807, 2.05) is 6.92 Å². The third kappa shape index (κ3) is 4.56. The van der Waals surface area contributed by atoms with Crippen LogP contribution in [-0.2, 0) is 6.54 Å². The molecule has 1 N–H and O–H groups in total. The summed E-state index contributed by atoms with van der Waals surface area (Å²) in [4.78, 5) is 1.18. The highest BCUT2D eigenvalue weighted by Gasteiger charge is 2.06. The molecule has 0 aliphatic rings. The van der Waals surface area contributed by atoms with E-state index in [-0.39, 0.29) is 0 Å². The highest BCUT2D eigenvalue weighted by atomic mass is 79.9. The Balaban J connectivity index is 2.06. The quantitative estimate of drug-likeness (QED) is 0.867. The molecule has 0 aliphatic heterocycles. The smallest absolute Gasteiger partial charge is 0.179 e. The molecule has 0 fully saturated rings. The highest BCUT2D eigenvalue weighted by molar-refractivity contribution is 9.10. The molecule has 0 bridgehead atoms. The molecule has 19 heavy (non-hydrogen) atoms. The van der Waals surface area contributed by atoms with Crippen molar-refractivity contribution in [3.8, 4) is 0 Å². The van der Waals surface area contributed by atoms with Crippen LogP contribution >= 0.6 is 39.0 Å². The van der Waals surface area contributed by atoms with Crippen LogP contribution in [0.15, 0.2) is 31.9 Å². The van der Waals surface area contributed by atoms with Crippen molar-refractivity contribution in [1.29, 1.82) is 0 Å². The van der Waals surface area contributed by atoms with Gasteiger partial charge in [-0.25, -0.2) is 0 Å². The Morgan fingerprint density at radius 3 is 2.74 bits per heavy atom. The zero-order chi connectivity index (χ0) is 13.8. The minimum Gasteiger partial charge on any atom is -0.310 e. The van der Waals surface area contributed by atoms with Crippen LogP contribution in [-0.4, -0.2) is 16.2 Å². The lowest BCUT2D eigenvalue weighted by atomic mass is 10.2. The van der Waals surface area contributed by atoms with E-state index in [0.717, 1.165) is 20.4 Å². The van der Waals surface area contributed by atoms with Gasteiger partial charge in [0.25, 0.3) is 0 Å². The molecule has 0 radical (unpaired) electrons. The maximum atomic E-state index is 4.13. The number of halogens is 1. The van der Waals surface area contributed by atoms with E-state index in [0.29, 0.717) is 6.04 Å². The first-order valence-electron chi connectivity index (χ1n) is 6.04. The third-order valence-electron chi connectivity index (χ3n) is 2.44. The summed E-state index contributed by atoms with van der Waals surface area (Å²) in [5.41, 5.74) is 1.27. The predicted molar refractivity (Wildman–Crippen MR) is 84.9 cm³/mol. The topological polar surface area (TPSA) is 37.8 Å². The first kappa shape index (κ1) is 15.0. The Morgan fingerprint density at radius 1 is 1.37 bits per heavy atom. The van der Waals surface area contributed by atoms with E-state index in [2.05, 4.69) is 63.5 Å². The summed E-state index contributed by atoms with van der Waals surface area (Å²) >= 11 is 6.90. The normalized spacial score (nSPS) is 11.2. The first-order valence-corrected chi connectivity index (χ1v) is 8.47. The molecule has 3 nitrogen and oxygen atoms in total. The van der Waals surface area contributed by atoms with Crippen LogP contribution in [0.25, 0.3) is 0 Å². The number of aromatic nitrogens is 2. The van der Waals surface area contributed by atoms with Gasteiger partial charge in [0.2, 0.25) is 0 Å². The van der Waals surface area contributed by atoms with Gasteiger partial charge in [-0.15, -0.1) is 10.2 Å². The van der Waals surface area contributed by atoms with Gasteiger partial charge in [-0.05, 0) is 24.6 Å². The van der Waals surface area contributed by atoms with Crippen LogP contribution in [0.1, 0.15) is 24.4 Å². The Morgan fingerprint density at radius 2 is 2.16 bits per heavy atom. The van der Waals surface area contributed by atoms with Crippen molar-refractivity contribution >= 4 is 39.0 Å². The molecule has 0 unspecified atom stereocenters. The lowest BCUT2D eigenvalue weighted by Gasteiger charge is -2.10. The summed E-state index contributed by atoms with van der Waals surface area (Å²) in [6, 6.07) is 6.91. The van der Waals surface area contributed by atoms with Crippen molar-refractivity contribution in [3.63, 3.8) is 0 Å².